The highest BCUT2D eigenvalue weighted by molar-refractivity contribution is 7.89. The van der Waals surface area contributed by atoms with Crippen molar-refractivity contribution < 1.29 is 31.1 Å². The van der Waals surface area contributed by atoms with Gasteiger partial charge in [-0.25, -0.2) is 8.42 Å². The quantitative estimate of drug-likeness (QED) is 0.781. The summed E-state index contributed by atoms with van der Waals surface area (Å²) in [6.07, 6.45) is -2.30. The lowest BCUT2D eigenvalue weighted by Crippen LogP contribution is -2.36. The Kier molecular flexibility index (Phi) is 6.13. The SMILES string of the molecule is O=C(Nc1ccccc1S(=O)(=O)N1CCCCC1)c1ccc(OC(F)(F)F)cc1. The van der Waals surface area contributed by atoms with Crippen molar-refractivity contribution in [2.75, 3.05) is 18.4 Å². The summed E-state index contributed by atoms with van der Waals surface area (Å²) in [6.45, 7) is 0.844. The second kappa shape index (κ2) is 8.42. The molecular formula is C19H19F3N2O4S. The molecule has 0 saturated carbocycles. The minimum absolute atomic E-state index is 0.0210. The zero-order valence-electron chi connectivity index (χ0n) is 15.3. The van der Waals surface area contributed by atoms with Crippen LogP contribution in [0.1, 0.15) is 29.6 Å². The maximum absolute atomic E-state index is 13.0. The number of halogens is 3. The minimum atomic E-state index is -4.83. The number of piperidine rings is 1. The van der Waals surface area contributed by atoms with Crippen molar-refractivity contribution in [3.8, 4) is 5.75 Å². The molecule has 0 aromatic heterocycles. The van der Waals surface area contributed by atoms with Gasteiger partial charge in [0.15, 0.2) is 0 Å². The van der Waals surface area contributed by atoms with Crippen molar-refractivity contribution in [1.82, 2.24) is 4.31 Å². The summed E-state index contributed by atoms with van der Waals surface area (Å²) in [7, 11) is -3.77. The maximum atomic E-state index is 13.0. The van der Waals surface area contributed by atoms with E-state index < -0.39 is 28.0 Å². The first kappa shape index (κ1) is 21.1. The molecule has 1 amide bonds. The zero-order chi connectivity index (χ0) is 21.1. The highest BCUT2D eigenvalue weighted by Crippen LogP contribution is 2.28. The number of sulfonamides is 1. The number of nitrogens with one attached hydrogen (secondary N) is 1. The molecule has 10 heteroatoms. The summed E-state index contributed by atoms with van der Waals surface area (Å²) >= 11 is 0. The molecule has 6 nitrogen and oxygen atoms in total. The minimum Gasteiger partial charge on any atom is -0.406 e. The van der Waals surface area contributed by atoms with Gasteiger partial charge in [0.1, 0.15) is 10.6 Å². The molecule has 1 N–H and O–H groups in total. The monoisotopic (exact) mass is 428 g/mol. The number of anilines is 1. The lowest BCUT2D eigenvalue weighted by atomic mass is 10.2. The number of benzene rings is 2. The number of alkyl halides is 3. The number of carbonyl (C=O) groups is 1. The molecule has 1 aliphatic rings. The van der Waals surface area contributed by atoms with Gasteiger partial charge in [-0.2, -0.15) is 4.31 Å². The van der Waals surface area contributed by atoms with Crippen LogP contribution in [0.4, 0.5) is 18.9 Å². The average molecular weight is 428 g/mol. The third-order valence-corrected chi connectivity index (χ3v) is 6.37. The molecule has 1 aliphatic heterocycles. The van der Waals surface area contributed by atoms with Crippen molar-refractivity contribution in [3.63, 3.8) is 0 Å². The fraction of sp³-hybridized carbons (Fsp3) is 0.316. The van der Waals surface area contributed by atoms with Crippen LogP contribution in [0.3, 0.4) is 0 Å². The number of para-hydroxylation sites is 1. The van der Waals surface area contributed by atoms with Gasteiger partial charge in [0.2, 0.25) is 10.0 Å². The van der Waals surface area contributed by atoms with E-state index in [-0.39, 0.29) is 16.1 Å². The van der Waals surface area contributed by atoms with Gasteiger partial charge >= 0.3 is 6.36 Å². The highest BCUT2D eigenvalue weighted by atomic mass is 32.2. The Morgan fingerprint density at radius 1 is 0.966 bits per heavy atom. The van der Waals surface area contributed by atoms with Crippen LogP contribution in [-0.4, -0.2) is 38.1 Å². The Balaban J connectivity index is 1.79. The molecule has 3 rings (SSSR count). The van der Waals surface area contributed by atoms with E-state index in [9.17, 15) is 26.4 Å². The second-order valence-electron chi connectivity index (χ2n) is 6.49. The van der Waals surface area contributed by atoms with E-state index in [4.69, 9.17) is 0 Å². The van der Waals surface area contributed by atoms with E-state index in [1.165, 1.54) is 16.4 Å². The van der Waals surface area contributed by atoms with Crippen LogP contribution in [0.2, 0.25) is 0 Å². The van der Waals surface area contributed by atoms with E-state index in [1.807, 2.05) is 0 Å². The summed E-state index contributed by atoms with van der Waals surface area (Å²) in [4.78, 5) is 12.5. The number of nitrogens with zero attached hydrogens (tertiary/aromatic N) is 1. The van der Waals surface area contributed by atoms with Gasteiger partial charge in [0.05, 0.1) is 5.69 Å². The Morgan fingerprint density at radius 3 is 2.21 bits per heavy atom. The largest absolute Gasteiger partial charge is 0.573 e. The second-order valence-corrected chi connectivity index (χ2v) is 8.39. The number of ether oxygens (including phenoxy) is 1. The third kappa shape index (κ3) is 5.27. The standard InChI is InChI=1S/C19H19F3N2O4S/c20-19(21,22)28-15-10-8-14(9-11-15)18(25)23-16-6-2-3-7-17(16)29(26,27)24-12-4-1-5-13-24/h2-3,6-11H,1,4-5,12-13H2,(H,23,25). The van der Waals surface area contributed by atoms with Crippen molar-refractivity contribution in [3.05, 3.63) is 54.1 Å². The molecule has 1 heterocycles. The smallest absolute Gasteiger partial charge is 0.406 e. The maximum Gasteiger partial charge on any atom is 0.573 e. The van der Waals surface area contributed by atoms with Crippen LogP contribution in [0.15, 0.2) is 53.4 Å². The van der Waals surface area contributed by atoms with E-state index in [2.05, 4.69) is 10.1 Å². The summed E-state index contributed by atoms with van der Waals surface area (Å²) < 4.78 is 67.8. The molecule has 2 aromatic rings. The van der Waals surface area contributed by atoms with E-state index >= 15 is 0 Å². The summed E-state index contributed by atoms with van der Waals surface area (Å²) in [5.41, 5.74) is 0.170. The molecule has 2 aromatic carbocycles. The molecule has 29 heavy (non-hydrogen) atoms. The Bertz CT molecular complexity index is 970. The predicted molar refractivity (Wildman–Crippen MR) is 100 cm³/mol. The van der Waals surface area contributed by atoms with Crippen molar-refractivity contribution in [2.45, 2.75) is 30.5 Å². The van der Waals surface area contributed by atoms with Gasteiger partial charge < -0.3 is 10.1 Å². The van der Waals surface area contributed by atoms with Gasteiger partial charge in [0.25, 0.3) is 5.91 Å². The lowest BCUT2D eigenvalue weighted by molar-refractivity contribution is -0.274. The van der Waals surface area contributed by atoms with Gasteiger partial charge in [0, 0.05) is 18.7 Å². The molecular weight excluding hydrogens is 409 g/mol. The summed E-state index contributed by atoms with van der Waals surface area (Å²) in [5.74, 6) is -1.10. The molecule has 156 valence electrons. The number of hydrogen-bond donors (Lipinski definition) is 1. The van der Waals surface area contributed by atoms with Crippen LogP contribution in [-0.2, 0) is 10.0 Å². The molecule has 1 saturated heterocycles. The molecule has 0 atom stereocenters. The molecule has 0 radical (unpaired) electrons. The van der Waals surface area contributed by atoms with Crippen molar-refractivity contribution in [2.24, 2.45) is 0 Å². The molecule has 0 aliphatic carbocycles. The van der Waals surface area contributed by atoms with Crippen molar-refractivity contribution >= 4 is 21.6 Å². The zero-order valence-corrected chi connectivity index (χ0v) is 16.1. The van der Waals surface area contributed by atoms with Crippen LogP contribution >= 0.6 is 0 Å². The van der Waals surface area contributed by atoms with Gasteiger partial charge in [-0.1, -0.05) is 18.6 Å². The number of rotatable bonds is 5. The fourth-order valence-electron chi connectivity index (χ4n) is 3.04. The first-order chi connectivity index (χ1) is 13.7. The fourth-order valence-corrected chi connectivity index (χ4v) is 4.71. The van der Waals surface area contributed by atoms with Crippen LogP contribution in [0.5, 0.6) is 5.75 Å². The predicted octanol–water partition coefficient (Wildman–Crippen LogP) is 4.01. The molecule has 0 bridgehead atoms. The van der Waals surface area contributed by atoms with E-state index in [0.29, 0.717) is 13.1 Å². The first-order valence-corrected chi connectivity index (χ1v) is 10.4. The number of carbonyl (C=O) groups excluding carboxylic acids is 1. The molecule has 0 unspecified atom stereocenters. The van der Waals surface area contributed by atoms with Gasteiger partial charge in [-0.05, 0) is 49.2 Å². The van der Waals surface area contributed by atoms with Gasteiger partial charge in [-0.3, -0.25) is 4.79 Å². The average Bonchev–Trinajstić information content (AvgIpc) is 2.68. The van der Waals surface area contributed by atoms with E-state index in [1.54, 1.807) is 12.1 Å². The topological polar surface area (TPSA) is 75.7 Å². The van der Waals surface area contributed by atoms with Crippen LogP contribution in [0.25, 0.3) is 0 Å². The van der Waals surface area contributed by atoms with Crippen LogP contribution in [0, 0.1) is 0 Å². The number of amides is 1. The molecule has 1 fully saturated rings. The highest BCUT2D eigenvalue weighted by Gasteiger charge is 2.31. The molecule has 0 spiro atoms. The van der Waals surface area contributed by atoms with Gasteiger partial charge in [-0.15, -0.1) is 13.2 Å². The Hall–Kier alpha value is -2.59. The normalized spacial score (nSPS) is 15.7. The Labute approximate surface area is 166 Å². The Morgan fingerprint density at radius 2 is 1.59 bits per heavy atom. The first-order valence-electron chi connectivity index (χ1n) is 8.93. The van der Waals surface area contributed by atoms with Crippen LogP contribution < -0.4 is 10.1 Å². The third-order valence-electron chi connectivity index (χ3n) is 4.42. The van der Waals surface area contributed by atoms with E-state index in [0.717, 1.165) is 43.5 Å². The summed E-state index contributed by atoms with van der Waals surface area (Å²) in [5, 5.41) is 2.53. The lowest BCUT2D eigenvalue weighted by Gasteiger charge is -2.26. The summed E-state index contributed by atoms with van der Waals surface area (Å²) in [6, 6.07) is 10.4. The number of hydrogen-bond acceptors (Lipinski definition) is 4. The van der Waals surface area contributed by atoms with Crippen molar-refractivity contribution in [1.29, 1.82) is 0 Å².